The van der Waals surface area contributed by atoms with E-state index in [4.69, 9.17) is 5.11 Å². The molecule has 19 heavy (non-hydrogen) atoms. The highest BCUT2D eigenvalue weighted by atomic mass is 32.1. The van der Waals surface area contributed by atoms with Gasteiger partial charge in [-0.2, -0.15) is 0 Å². The van der Waals surface area contributed by atoms with Gasteiger partial charge in [0.25, 0.3) is 5.91 Å². The number of hydrogen-bond acceptors (Lipinski definition) is 5. The lowest BCUT2D eigenvalue weighted by molar-refractivity contribution is 0.0951. The van der Waals surface area contributed by atoms with Gasteiger partial charge in [0.05, 0.1) is 22.7 Å². The Labute approximate surface area is 114 Å². The van der Waals surface area contributed by atoms with Gasteiger partial charge in [0.2, 0.25) is 0 Å². The average Bonchev–Trinajstić information content (AvgIpc) is 2.92. The Balaban J connectivity index is 1.95. The number of aromatic nitrogens is 2. The SMILES string of the molecule is O=C(NCc1ccncn1)c1csc(C#CCO)c1. The van der Waals surface area contributed by atoms with Crippen LogP contribution in [0.3, 0.4) is 0 Å². The normalized spacial score (nSPS) is 9.53. The van der Waals surface area contributed by atoms with Crippen LogP contribution in [0.15, 0.2) is 30.0 Å². The Hall–Kier alpha value is -2.23. The number of rotatable bonds is 3. The first-order valence-electron chi connectivity index (χ1n) is 5.51. The molecule has 2 heterocycles. The van der Waals surface area contributed by atoms with Crippen LogP contribution in [-0.2, 0) is 6.54 Å². The van der Waals surface area contributed by atoms with Crippen LogP contribution in [0.25, 0.3) is 0 Å². The molecule has 5 nitrogen and oxygen atoms in total. The van der Waals surface area contributed by atoms with Gasteiger partial charge in [-0.05, 0) is 12.1 Å². The lowest BCUT2D eigenvalue weighted by Gasteiger charge is -2.02. The number of aliphatic hydroxyl groups is 1. The molecule has 0 aliphatic heterocycles. The monoisotopic (exact) mass is 273 g/mol. The smallest absolute Gasteiger partial charge is 0.252 e. The van der Waals surface area contributed by atoms with Crippen LogP contribution in [0.4, 0.5) is 0 Å². The zero-order chi connectivity index (χ0) is 13.5. The van der Waals surface area contributed by atoms with E-state index in [1.54, 1.807) is 23.7 Å². The fourth-order valence-electron chi connectivity index (χ4n) is 1.34. The van der Waals surface area contributed by atoms with Crippen LogP contribution < -0.4 is 5.32 Å². The predicted molar refractivity (Wildman–Crippen MR) is 71.5 cm³/mol. The molecule has 2 N–H and O–H groups in total. The van der Waals surface area contributed by atoms with Crippen LogP contribution in [0.2, 0.25) is 0 Å². The molecular formula is C13H11N3O2S. The molecule has 0 bridgehead atoms. The molecule has 0 saturated carbocycles. The van der Waals surface area contributed by atoms with Gasteiger partial charge < -0.3 is 10.4 Å². The number of amides is 1. The van der Waals surface area contributed by atoms with Gasteiger partial charge in [-0.25, -0.2) is 9.97 Å². The first-order chi connectivity index (χ1) is 9.29. The van der Waals surface area contributed by atoms with Gasteiger partial charge >= 0.3 is 0 Å². The summed E-state index contributed by atoms with van der Waals surface area (Å²) in [5.74, 6) is 5.13. The molecule has 0 aromatic carbocycles. The van der Waals surface area contributed by atoms with Gasteiger partial charge in [0, 0.05) is 11.6 Å². The summed E-state index contributed by atoms with van der Waals surface area (Å²) in [4.78, 5) is 20.4. The van der Waals surface area contributed by atoms with Crippen molar-refractivity contribution in [3.05, 3.63) is 46.2 Å². The number of hydrogen-bond donors (Lipinski definition) is 2. The first-order valence-corrected chi connectivity index (χ1v) is 6.39. The molecule has 0 saturated heterocycles. The largest absolute Gasteiger partial charge is 0.384 e. The van der Waals surface area contributed by atoms with E-state index in [0.29, 0.717) is 12.1 Å². The maximum atomic E-state index is 11.9. The Morgan fingerprint density at radius 2 is 2.42 bits per heavy atom. The van der Waals surface area contributed by atoms with Crippen LogP contribution in [0, 0.1) is 11.8 Å². The fraction of sp³-hybridized carbons (Fsp3) is 0.154. The number of nitrogens with zero attached hydrogens (tertiary/aromatic N) is 2. The van der Waals surface area contributed by atoms with E-state index in [1.165, 1.54) is 17.7 Å². The summed E-state index contributed by atoms with van der Waals surface area (Å²) in [7, 11) is 0. The minimum atomic E-state index is -0.187. The van der Waals surface area contributed by atoms with E-state index in [0.717, 1.165) is 10.6 Å². The van der Waals surface area contributed by atoms with Crippen molar-refractivity contribution >= 4 is 17.2 Å². The minimum Gasteiger partial charge on any atom is -0.384 e. The molecule has 96 valence electrons. The molecule has 2 aromatic heterocycles. The number of thiophene rings is 1. The molecule has 6 heteroatoms. The van der Waals surface area contributed by atoms with E-state index >= 15 is 0 Å². The van der Waals surface area contributed by atoms with Crippen LogP contribution in [0.5, 0.6) is 0 Å². The molecule has 0 spiro atoms. The number of carbonyl (C=O) groups is 1. The van der Waals surface area contributed by atoms with E-state index < -0.39 is 0 Å². The summed E-state index contributed by atoms with van der Waals surface area (Å²) in [6.45, 7) is 0.169. The van der Waals surface area contributed by atoms with Crippen molar-refractivity contribution in [2.75, 3.05) is 6.61 Å². The highest BCUT2D eigenvalue weighted by Crippen LogP contribution is 2.13. The van der Waals surface area contributed by atoms with Gasteiger partial charge in [0.15, 0.2) is 0 Å². The number of carbonyl (C=O) groups excluding carboxylic acids is 1. The minimum absolute atomic E-state index is 0.174. The molecule has 0 fully saturated rings. The lowest BCUT2D eigenvalue weighted by atomic mass is 10.3. The summed E-state index contributed by atoms with van der Waals surface area (Å²) < 4.78 is 0. The Morgan fingerprint density at radius 1 is 1.53 bits per heavy atom. The van der Waals surface area contributed by atoms with E-state index in [9.17, 15) is 4.79 Å². The summed E-state index contributed by atoms with van der Waals surface area (Å²) >= 11 is 1.37. The summed E-state index contributed by atoms with van der Waals surface area (Å²) in [6, 6.07) is 3.44. The summed E-state index contributed by atoms with van der Waals surface area (Å²) in [5.41, 5.74) is 1.31. The van der Waals surface area contributed by atoms with Crippen molar-refractivity contribution in [2.45, 2.75) is 6.54 Å². The highest BCUT2D eigenvalue weighted by molar-refractivity contribution is 7.10. The van der Waals surface area contributed by atoms with Gasteiger partial charge in [0.1, 0.15) is 12.9 Å². The second-order valence-corrected chi connectivity index (χ2v) is 4.45. The van der Waals surface area contributed by atoms with Gasteiger partial charge in [-0.3, -0.25) is 4.79 Å². The quantitative estimate of drug-likeness (QED) is 0.812. The van der Waals surface area contributed by atoms with Crippen LogP contribution in [0.1, 0.15) is 20.9 Å². The second kappa shape index (κ2) is 6.64. The Morgan fingerprint density at radius 3 is 3.16 bits per heavy atom. The standard InChI is InChI=1S/C13H11N3O2S/c17-5-1-2-12-6-10(8-19-12)13(18)15-7-11-3-4-14-9-16-11/h3-4,6,8-9,17H,5,7H2,(H,15,18). The van der Waals surface area contributed by atoms with Crippen molar-refractivity contribution < 1.29 is 9.90 Å². The van der Waals surface area contributed by atoms with Gasteiger partial charge in [-0.1, -0.05) is 11.8 Å². The van der Waals surface area contributed by atoms with E-state index in [2.05, 4.69) is 27.1 Å². The molecule has 2 aromatic rings. The summed E-state index contributed by atoms with van der Waals surface area (Å²) in [6.07, 6.45) is 3.07. The Bertz CT molecular complexity index is 614. The third kappa shape index (κ3) is 3.88. The zero-order valence-corrected chi connectivity index (χ0v) is 10.8. The van der Waals surface area contributed by atoms with E-state index in [1.807, 2.05) is 0 Å². The highest BCUT2D eigenvalue weighted by Gasteiger charge is 2.07. The van der Waals surface area contributed by atoms with Crippen LogP contribution in [-0.4, -0.2) is 27.6 Å². The third-order valence-electron chi connectivity index (χ3n) is 2.23. The lowest BCUT2D eigenvalue weighted by Crippen LogP contribution is -2.22. The summed E-state index contributed by atoms with van der Waals surface area (Å²) in [5, 5.41) is 13.1. The van der Waals surface area contributed by atoms with Crippen molar-refractivity contribution in [3.8, 4) is 11.8 Å². The van der Waals surface area contributed by atoms with Gasteiger partial charge in [-0.15, -0.1) is 11.3 Å². The average molecular weight is 273 g/mol. The topological polar surface area (TPSA) is 75.1 Å². The second-order valence-electron chi connectivity index (χ2n) is 3.54. The van der Waals surface area contributed by atoms with E-state index in [-0.39, 0.29) is 12.5 Å². The third-order valence-corrected chi connectivity index (χ3v) is 3.07. The van der Waals surface area contributed by atoms with Crippen molar-refractivity contribution in [3.63, 3.8) is 0 Å². The first kappa shape index (κ1) is 13.2. The maximum Gasteiger partial charge on any atom is 0.252 e. The van der Waals surface area contributed by atoms with Crippen molar-refractivity contribution in [1.29, 1.82) is 0 Å². The zero-order valence-electron chi connectivity index (χ0n) is 9.96. The molecule has 0 aliphatic carbocycles. The molecule has 0 atom stereocenters. The number of aliphatic hydroxyl groups excluding tert-OH is 1. The fourth-order valence-corrected chi connectivity index (χ4v) is 2.10. The molecular weight excluding hydrogens is 262 g/mol. The van der Waals surface area contributed by atoms with Crippen molar-refractivity contribution in [1.82, 2.24) is 15.3 Å². The Kier molecular flexibility index (Phi) is 4.61. The molecule has 0 radical (unpaired) electrons. The molecule has 0 aliphatic rings. The van der Waals surface area contributed by atoms with Crippen LogP contribution >= 0.6 is 11.3 Å². The molecule has 0 unspecified atom stereocenters. The maximum absolute atomic E-state index is 11.9. The molecule has 2 rings (SSSR count). The molecule has 1 amide bonds. The number of nitrogens with one attached hydrogen (secondary N) is 1. The predicted octanol–water partition coefficient (Wildman–Crippen LogP) is 0.812. The van der Waals surface area contributed by atoms with Crippen molar-refractivity contribution in [2.24, 2.45) is 0 Å².